The maximum absolute atomic E-state index is 11.6. The average Bonchev–Trinajstić information content (AvgIpc) is 2.22. The highest BCUT2D eigenvalue weighted by molar-refractivity contribution is 9.10. The van der Waals surface area contributed by atoms with Crippen molar-refractivity contribution in [2.75, 3.05) is 6.61 Å². The van der Waals surface area contributed by atoms with Crippen LogP contribution < -0.4 is 0 Å². The molecule has 0 saturated carbocycles. The molecule has 1 aromatic rings. The van der Waals surface area contributed by atoms with Gasteiger partial charge >= 0.3 is 5.97 Å². The number of esters is 1. The summed E-state index contributed by atoms with van der Waals surface area (Å²) in [4.78, 5) is 26.8. The van der Waals surface area contributed by atoms with Crippen LogP contribution in [0.3, 0.4) is 0 Å². The van der Waals surface area contributed by atoms with Crippen LogP contribution >= 0.6 is 15.9 Å². The second-order valence-electron chi connectivity index (χ2n) is 3.64. The van der Waals surface area contributed by atoms with Gasteiger partial charge in [-0.3, -0.25) is 14.6 Å². The third kappa shape index (κ3) is 4.65. The number of aryl methyl sites for hydroxylation is 1. The first kappa shape index (κ1) is 13.8. The monoisotopic (exact) mass is 299 g/mol. The molecule has 0 N–H and O–H groups in total. The van der Waals surface area contributed by atoms with E-state index in [0.29, 0.717) is 12.3 Å². The fourth-order valence-electron chi connectivity index (χ4n) is 1.31. The second kappa shape index (κ2) is 6.49. The molecule has 0 saturated heterocycles. The van der Waals surface area contributed by atoms with Crippen molar-refractivity contribution in [3.05, 3.63) is 28.0 Å². The van der Waals surface area contributed by atoms with Gasteiger partial charge in [0, 0.05) is 10.7 Å². The summed E-state index contributed by atoms with van der Waals surface area (Å²) in [5.41, 5.74) is 1.66. The molecule has 5 heteroatoms. The van der Waals surface area contributed by atoms with E-state index >= 15 is 0 Å². The Morgan fingerprint density at radius 1 is 1.47 bits per heavy atom. The lowest BCUT2D eigenvalue weighted by Gasteiger charge is -2.04. The van der Waals surface area contributed by atoms with E-state index in [2.05, 4.69) is 20.9 Å². The highest BCUT2D eigenvalue weighted by Gasteiger charge is 2.13. The first-order valence-electron chi connectivity index (χ1n) is 5.31. The summed E-state index contributed by atoms with van der Waals surface area (Å²) in [6, 6.07) is 1.89. The van der Waals surface area contributed by atoms with E-state index in [-0.39, 0.29) is 18.6 Å². The number of nitrogens with zero attached hydrogens (tertiary/aromatic N) is 1. The number of halogens is 1. The highest BCUT2D eigenvalue weighted by Crippen LogP contribution is 2.16. The van der Waals surface area contributed by atoms with Gasteiger partial charge < -0.3 is 4.74 Å². The van der Waals surface area contributed by atoms with E-state index in [4.69, 9.17) is 4.74 Å². The number of aromatic nitrogens is 1. The Balaban J connectivity index is 2.59. The van der Waals surface area contributed by atoms with E-state index < -0.39 is 5.97 Å². The van der Waals surface area contributed by atoms with E-state index in [1.54, 1.807) is 13.1 Å². The average molecular weight is 300 g/mol. The maximum Gasteiger partial charge on any atom is 0.313 e. The third-order valence-corrected chi connectivity index (χ3v) is 2.75. The highest BCUT2D eigenvalue weighted by atomic mass is 79.9. The van der Waals surface area contributed by atoms with Gasteiger partial charge in [0.2, 0.25) is 0 Å². The first-order valence-corrected chi connectivity index (χ1v) is 6.10. The Morgan fingerprint density at radius 2 is 2.18 bits per heavy atom. The van der Waals surface area contributed by atoms with Crippen molar-refractivity contribution in [3.63, 3.8) is 0 Å². The van der Waals surface area contributed by atoms with Gasteiger partial charge in [-0.2, -0.15) is 0 Å². The van der Waals surface area contributed by atoms with Crippen molar-refractivity contribution in [1.29, 1.82) is 0 Å². The smallest absolute Gasteiger partial charge is 0.313 e. The summed E-state index contributed by atoms with van der Waals surface area (Å²) in [5.74, 6) is -0.679. The minimum absolute atomic E-state index is 0.139. The van der Waals surface area contributed by atoms with Crippen molar-refractivity contribution in [1.82, 2.24) is 4.98 Å². The number of hydrogen-bond donors (Lipinski definition) is 0. The normalized spacial score (nSPS) is 10.1. The summed E-state index contributed by atoms with van der Waals surface area (Å²) in [7, 11) is 0. The van der Waals surface area contributed by atoms with Crippen LogP contribution in [0.1, 0.15) is 24.6 Å². The number of carbonyl (C=O) groups excluding carboxylic acids is 2. The van der Waals surface area contributed by atoms with Crippen LogP contribution in [-0.4, -0.2) is 23.3 Å². The summed E-state index contributed by atoms with van der Waals surface area (Å²) >= 11 is 3.34. The van der Waals surface area contributed by atoms with Crippen LogP contribution in [0.15, 0.2) is 16.7 Å². The Bertz CT molecular complexity index is 432. The summed E-state index contributed by atoms with van der Waals surface area (Å²) in [6.45, 7) is 3.92. The molecule has 0 bridgehead atoms. The molecule has 0 aliphatic rings. The molecule has 0 radical (unpaired) electrons. The van der Waals surface area contributed by atoms with Gasteiger partial charge in [0.1, 0.15) is 12.2 Å². The molecule has 0 amide bonds. The van der Waals surface area contributed by atoms with E-state index in [0.717, 1.165) is 10.0 Å². The van der Waals surface area contributed by atoms with Crippen molar-refractivity contribution in [3.8, 4) is 0 Å². The molecular weight excluding hydrogens is 286 g/mol. The lowest BCUT2D eigenvalue weighted by atomic mass is 10.1. The van der Waals surface area contributed by atoms with E-state index in [9.17, 15) is 9.59 Å². The predicted octanol–water partition coefficient (Wildman–Crippen LogP) is 2.22. The van der Waals surface area contributed by atoms with E-state index in [1.807, 2.05) is 13.0 Å². The number of ketones is 1. The number of ether oxygens (including phenoxy) is 1. The lowest BCUT2D eigenvalue weighted by molar-refractivity contribution is -0.145. The number of Topliss-reactive ketones (excluding diaryl/α,β-unsaturated/α-hetero) is 1. The van der Waals surface area contributed by atoms with Crippen LogP contribution in [0.25, 0.3) is 0 Å². The first-order chi connectivity index (χ1) is 8.02. The lowest BCUT2D eigenvalue weighted by Crippen LogP contribution is -2.13. The van der Waals surface area contributed by atoms with Gasteiger partial charge in [0.05, 0.1) is 18.7 Å². The quantitative estimate of drug-likeness (QED) is 0.618. The maximum atomic E-state index is 11.6. The standard InChI is InChI=1S/C12H14BrNO3/c1-3-17-12(16)6-9(15)5-11-10(13)4-8(2)7-14-11/h4,7H,3,5-6H2,1-2H3. The summed E-state index contributed by atoms with van der Waals surface area (Å²) < 4.78 is 5.49. The molecule has 4 nitrogen and oxygen atoms in total. The van der Waals surface area contributed by atoms with Crippen LogP contribution in [0.5, 0.6) is 0 Å². The van der Waals surface area contributed by atoms with Gasteiger partial charge in [-0.05, 0) is 41.4 Å². The number of pyridine rings is 1. The molecule has 0 aromatic carbocycles. The van der Waals surface area contributed by atoms with Crippen LogP contribution in [0.2, 0.25) is 0 Å². The molecular formula is C12H14BrNO3. The summed E-state index contributed by atoms with van der Waals surface area (Å²) in [5, 5.41) is 0. The molecule has 0 fully saturated rings. The van der Waals surface area contributed by atoms with Crippen molar-refractivity contribution >= 4 is 27.7 Å². The zero-order valence-corrected chi connectivity index (χ0v) is 11.4. The van der Waals surface area contributed by atoms with Crippen LogP contribution in [-0.2, 0) is 20.7 Å². The molecule has 1 rings (SSSR count). The zero-order chi connectivity index (χ0) is 12.8. The third-order valence-electron chi connectivity index (χ3n) is 2.07. The fraction of sp³-hybridized carbons (Fsp3) is 0.417. The fourth-order valence-corrected chi connectivity index (χ4v) is 1.92. The van der Waals surface area contributed by atoms with E-state index in [1.165, 1.54) is 0 Å². The van der Waals surface area contributed by atoms with Crippen LogP contribution in [0.4, 0.5) is 0 Å². The molecule has 0 spiro atoms. The largest absolute Gasteiger partial charge is 0.466 e. The molecule has 1 heterocycles. The van der Waals surface area contributed by atoms with Crippen LogP contribution in [0, 0.1) is 6.92 Å². The van der Waals surface area contributed by atoms with Crippen molar-refractivity contribution < 1.29 is 14.3 Å². The van der Waals surface area contributed by atoms with Crippen molar-refractivity contribution in [2.45, 2.75) is 26.7 Å². The topological polar surface area (TPSA) is 56.3 Å². The van der Waals surface area contributed by atoms with Gasteiger partial charge in [-0.1, -0.05) is 0 Å². The number of hydrogen-bond acceptors (Lipinski definition) is 4. The number of carbonyl (C=O) groups is 2. The molecule has 92 valence electrons. The molecule has 0 aliphatic heterocycles. The molecule has 17 heavy (non-hydrogen) atoms. The minimum Gasteiger partial charge on any atom is -0.466 e. The Morgan fingerprint density at radius 3 is 2.76 bits per heavy atom. The molecule has 0 atom stereocenters. The predicted molar refractivity (Wildman–Crippen MR) is 66.6 cm³/mol. The minimum atomic E-state index is -0.485. The molecule has 1 aromatic heterocycles. The number of rotatable bonds is 5. The van der Waals surface area contributed by atoms with Gasteiger partial charge in [-0.15, -0.1) is 0 Å². The zero-order valence-electron chi connectivity index (χ0n) is 9.83. The van der Waals surface area contributed by atoms with Gasteiger partial charge in [0.15, 0.2) is 0 Å². The van der Waals surface area contributed by atoms with Gasteiger partial charge in [-0.25, -0.2) is 0 Å². The second-order valence-corrected chi connectivity index (χ2v) is 4.49. The van der Waals surface area contributed by atoms with Crippen molar-refractivity contribution in [2.24, 2.45) is 0 Å². The molecule has 0 aliphatic carbocycles. The van der Waals surface area contributed by atoms with Gasteiger partial charge in [0.25, 0.3) is 0 Å². The Hall–Kier alpha value is -1.23. The molecule has 0 unspecified atom stereocenters. The Kier molecular flexibility index (Phi) is 5.28. The SMILES string of the molecule is CCOC(=O)CC(=O)Cc1ncc(C)cc1Br. The summed E-state index contributed by atoms with van der Waals surface area (Å²) in [6.07, 6.45) is 1.63. The Labute approximate surface area is 109 Å².